The van der Waals surface area contributed by atoms with Crippen LogP contribution in [0.3, 0.4) is 0 Å². The Kier molecular flexibility index (Phi) is 42.8. The van der Waals surface area contributed by atoms with E-state index in [0.29, 0.717) is 6.42 Å². The Balaban J connectivity index is 3.49. The molecule has 0 aromatic rings. The summed E-state index contributed by atoms with van der Waals surface area (Å²) in [6, 6.07) is -0.640. The molecule has 4 heteroatoms. The third-order valence-corrected chi connectivity index (χ3v) is 10.6. The summed E-state index contributed by atoms with van der Waals surface area (Å²) in [6.45, 7) is 4.27. The lowest BCUT2D eigenvalue weighted by Crippen LogP contribution is -2.45. The Morgan fingerprint density at radius 1 is 0.442 bits per heavy atom. The molecule has 3 N–H and O–H groups in total. The first kappa shape index (κ1) is 50.6. The van der Waals surface area contributed by atoms with Crippen LogP contribution in [0.25, 0.3) is 0 Å². The topological polar surface area (TPSA) is 69.6 Å². The third kappa shape index (κ3) is 39.8. The van der Waals surface area contributed by atoms with E-state index < -0.39 is 12.1 Å². The number of allylic oxidation sites excluding steroid dienone is 5. The summed E-state index contributed by atoms with van der Waals surface area (Å²) >= 11 is 0. The van der Waals surface area contributed by atoms with Crippen molar-refractivity contribution in [2.45, 2.75) is 257 Å². The molecule has 0 spiro atoms. The van der Waals surface area contributed by atoms with Gasteiger partial charge < -0.3 is 15.5 Å². The Morgan fingerprint density at radius 3 is 1.12 bits per heavy atom. The highest BCUT2D eigenvalue weighted by Crippen LogP contribution is 2.16. The number of carbonyl (C=O) groups is 1. The summed E-state index contributed by atoms with van der Waals surface area (Å²) in [5.41, 5.74) is 0. The van der Waals surface area contributed by atoms with Crippen LogP contribution in [-0.4, -0.2) is 34.9 Å². The standard InChI is InChI=1S/C48H91NO3/c1-3-5-7-9-11-13-14-15-16-17-18-19-20-21-22-23-24-25-26-27-28-29-30-31-32-33-34-35-36-37-39-41-43-47(51)46(45-50)49-48(52)44-42-40-38-12-10-8-6-4-2/h31-32,35-36,41,43,46-47,50-51H,3-30,33-34,37-40,42,44-45H2,1-2H3,(H,49,52)/b32-31+,36-35+,43-41+. The lowest BCUT2D eigenvalue weighted by atomic mass is 10.0. The number of carbonyl (C=O) groups excluding carboxylic acids is 1. The van der Waals surface area contributed by atoms with Gasteiger partial charge in [-0.1, -0.05) is 230 Å². The van der Waals surface area contributed by atoms with E-state index in [0.717, 1.165) is 38.5 Å². The fourth-order valence-corrected chi connectivity index (χ4v) is 7.03. The van der Waals surface area contributed by atoms with Gasteiger partial charge in [-0.15, -0.1) is 0 Å². The molecule has 0 aliphatic carbocycles. The second-order valence-electron chi connectivity index (χ2n) is 15.8. The van der Waals surface area contributed by atoms with E-state index in [4.69, 9.17) is 0 Å². The number of rotatable bonds is 42. The minimum Gasteiger partial charge on any atom is -0.394 e. The van der Waals surface area contributed by atoms with E-state index in [1.54, 1.807) is 6.08 Å². The molecule has 1 amide bonds. The molecule has 0 aliphatic heterocycles. The highest BCUT2D eigenvalue weighted by atomic mass is 16.3. The van der Waals surface area contributed by atoms with Crippen LogP contribution in [0, 0.1) is 0 Å². The highest BCUT2D eigenvalue weighted by molar-refractivity contribution is 5.76. The summed E-state index contributed by atoms with van der Waals surface area (Å²) in [5, 5.41) is 22.8. The SMILES string of the molecule is CCCCCCCCCCCCCCCCCCCCCCCC/C=C/CC/C=C/CC/C=C/C(O)C(CO)NC(=O)CCCCCCCCCC. The number of aliphatic hydroxyl groups excluding tert-OH is 2. The predicted octanol–water partition coefficient (Wildman–Crippen LogP) is 14.6. The van der Waals surface area contributed by atoms with Crippen molar-refractivity contribution < 1.29 is 15.0 Å². The number of hydrogen-bond acceptors (Lipinski definition) is 3. The fraction of sp³-hybridized carbons (Fsp3) is 0.854. The van der Waals surface area contributed by atoms with Crippen LogP contribution >= 0.6 is 0 Å². The molecule has 306 valence electrons. The van der Waals surface area contributed by atoms with Gasteiger partial charge in [0.05, 0.1) is 18.8 Å². The summed E-state index contributed by atoms with van der Waals surface area (Å²) < 4.78 is 0. The molecular weight excluding hydrogens is 639 g/mol. The van der Waals surface area contributed by atoms with Crippen molar-refractivity contribution in [3.05, 3.63) is 36.5 Å². The van der Waals surface area contributed by atoms with Crippen molar-refractivity contribution in [1.82, 2.24) is 5.32 Å². The summed E-state index contributed by atoms with van der Waals surface area (Å²) in [4.78, 5) is 12.2. The fourth-order valence-electron chi connectivity index (χ4n) is 7.03. The zero-order valence-electron chi connectivity index (χ0n) is 35.1. The molecule has 2 unspecified atom stereocenters. The van der Waals surface area contributed by atoms with Crippen LogP contribution in [0.1, 0.15) is 245 Å². The number of hydrogen-bond donors (Lipinski definition) is 3. The Morgan fingerprint density at radius 2 is 0.750 bits per heavy atom. The second kappa shape index (κ2) is 44.0. The van der Waals surface area contributed by atoms with Gasteiger partial charge in [0.15, 0.2) is 0 Å². The Bertz CT molecular complexity index is 790. The first-order valence-electron chi connectivity index (χ1n) is 23.2. The molecule has 0 heterocycles. The Hall–Kier alpha value is -1.39. The molecule has 0 aromatic carbocycles. The van der Waals surface area contributed by atoms with Crippen molar-refractivity contribution in [1.29, 1.82) is 0 Å². The van der Waals surface area contributed by atoms with Crippen molar-refractivity contribution in [2.24, 2.45) is 0 Å². The number of nitrogens with one attached hydrogen (secondary N) is 1. The van der Waals surface area contributed by atoms with Crippen molar-refractivity contribution >= 4 is 5.91 Å². The highest BCUT2D eigenvalue weighted by Gasteiger charge is 2.17. The van der Waals surface area contributed by atoms with Crippen LogP contribution in [-0.2, 0) is 4.79 Å². The van der Waals surface area contributed by atoms with E-state index in [9.17, 15) is 15.0 Å². The minimum absolute atomic E-state index is 0.0829. The maximum absolute atomic E-state index is 12.2. The number of amides is 1. The predicted molar refractivity (Wildman–Crippen MR) is 230 cm³/mol. The molecule has 0 aliphatic rings. The molecule has 2 atom stereocenters. The maximum Gasteiger partial charge on any atom is 0.220 e. The molecule has 0 bridgehead atoms. The first-order valence-corrected chi connectivity index (χ1v) is 23.2. The second-order valence-corrected chi connectivity index (χ2v) is 15.8. The van der Waals surface area contributed by atoms with Crippen LogP contribution in [0.2, 0.25) is 0 Å². The number of unbranched alkanes of at least 4 members (excludes halogenated alkanes) is 31. The van der Waals surface area contributed by atoms with E-state index >= 15 is 0 Å². The van der Waals surface area contributed by atoms with Gasteiger partial charge >= 0.3 is 0 Å². The summed E-state index contributed by atoms with van der Waals surface area (Å²) in [5.74, 6) is -0.0829. The summed E-state index contributed by atoms with van der Waals surface area (Å²) in [7, 11) is 0. The Labute approximate surface area is 325 Å². The normalized spacial score (nSPS) is 13.2. The first-order chi connectivity index (χ1) is 25.7. The van der Waals surface area contributed by atoms with Crippen LogP contribution in [0.15, 0.2) is 36.5 Å². The average molecular weight is 730 g/mol. The largest absolute Gasteiger partial charge is 0.394 e. The molecular formula is C48H91NO3. The van der Waals surface area contributed by atoms with Gasteiger partial charge in [-0.25, -0.2) is 0 Å². The number of aliphatic hydroxyl groups is 2. The van der Waals surface area contributed by atoms with E-state index in [-0.39, 0.29) is 12.5 Å². The lowest BCUT2D eigenvalue weighted by Gasteiger charge is -2.19. The van der Waals surface area contributed by atoms with E-state index in [2.05, 4.69) is 43.5 Å². The van der Waals surface area contributed by atoms with Gasteiger partial charge in [-0.05, 0) is 44.9 Å². The smallest absolute Gasteiger partial charge is 0.220 e. The van der Waals surface area contributed by atoms with E-state index in [1.807, 2.05) is 6.08 Å². The molecule has 0 aromatic heterocycles. The van der Waals surface area contributed by atoms with Gasteiger partial charge in [-0.2, -0.15) is 0 Å². The minimum atomic E-state index is -0.866. The zero-order chi connectivity index (χ0) is 37.8. The van der Waals surface area contributed by atoms with Gasteiger partial charge in [0.25, 0.3) is 0 Å². The van der Waals surface area contributed by atoms with Gasteiger partial charge in [-0.3, -0.25) is 4.79 Å². The quantitative estimate of drug-likeness (QED) is 0.0433. The average Bonchev–Trinajstić information content (AvgIpc) is 3.15. The lowest BCUT2D eigenvalue weighted by molar-refractivity contribution is -0.123. The molecule has 4 nitrogen and oxygen atoms in total. The van der Waals surface area contributed by atoms with Gasteiger partial charge in [0, 0.05) is 6.42 Å². The van der Waals surface area contributed by atoms with Crippen molar-refractivity contribution in [3.63, 3.8) is 0 Å². The third-order valence-electron chi connectivity index (χ3n) is 10.6. The van der Waals surface area contributed by atoms with E-state index in [1.165, 1.54) is 186 Å². The van der Waals surface area contributed by atoms with Crippen LogP contribution < -0.4 is 5.32 Å². The zero-order valence-corrected chi connectivity index (χ0v) is 35.1. The molecule has 0 radical (unpaired) electrons. The molecule has 0 rings (SSSR count). The van der Waals surface area contributed by atoms with Crippen LogP contribution in [0.5, 0.6) is 0 Å². The van der Waals surface area contributed by atoms with Crippen molar-refractivity contribution in [2.75, 3.05) is 6.61 Å². The van der Waals surface area contributed by atoms with Crippen LogP contribution in [0.4, 0.5) is 0 Å². The molecule has 0 saturated carbocycles. The maximum atomic E-state index is 12.2. The van der Waals surface area contributed by atoms with Crippen molar-refractivity contribution in [3.8, 4) is 0 Å². The summed E-state index contributed by atoms with van der Waals surface area (Å²) in [6.07, 6.45) is 58.7. The van der Waals surface area contributed by atoms with Gasteiger partial charge in [0.2, 0.25) is 5.91 Å². The van der Waals surface area contributed by atoms with Gasteiger partial charge in [0.1, 0.15) is 0 Å². The molecule has 0 fully saturated rings. The molecule has 52 heavy (non-hydrogen) atoms. The monoisotopic (exact) mass is 730 g/mol. The molecule has 0 saturated heterocycles.